The van der Waals surface area contributed by atoms with Gasteiger partial charge in [0.1, 0.15) is 28.1 Å². The van der Waals surface area contributed by atoms with Gasteiger partial charge in [0.25, 0.3) is 0 Å². The van der Waals surface area contributed by atoms with Gasteiger partial charge in [0.2, 0.25) is 0 Å². The molecule has 0 aliphatic carbocycles. The van der Waals surface area contributed by atoms with Gasteiger partial charge in [-0.3, -0.25) is 0 Å². The second-order valence-corrected chi connectivity index (χ2v) is 5.52. The number of thiophene rings is 1. The average Bonchev–Trinajstić information content (AvgIpc) is 2.95. The molecule has 6 heteroatoms. The van der Waals surface area contributed by atoms with Crippen LogP contribution in [-0.2, 0) is 6.61 Å². The van der Waals surface area contributed by atoms with E-state index in [0.717, 1.165) is 16.0 Å². The van der Waals surface area contributed by atoms with Crippen molar-refractivity contribution < 1.29 is 9.47 Å². The molecule has 0 aliphatic heterocycles. The summed E-state index contributed by atoms with van der Waals surface area (Å²) in [4.78, 5) is 9.56. The lowest BCUT2D eigenvalue weighted by molar-refractivity contribution is 0.291. The highest BCUT2D eigenvalue weighted by Gasteiger charge is 2.08. The highest BCUT2D eigenvalue weighted by molar-refractivity contribution is 7.16. The minimum absolute atomic E-state index is 0.267. The molecule has 4 nitrogen and oxygen atoms in total. The van der Waals surface area contributed by atoms with E-state index in [9.17, 15) is 0 Å². The zero-order valence-electron chi connectivity index (χ0n) is 11.4. The second-order valence-electron chi connectivity index (χ2n) is 4.27. The fourth-order valence-corrected chi connectivity index (χ4v) is 2.98. The van der Waals surface area contributed by atoms with Gasteiger partial charge in [-0.15, -0.1) is 11.3 Å². The molecule has 3 rings (SSSR count). The first kappa shape index (κ1) is 14.1. The van der Waals surface area contributed by atoms with Crippen molar-refractivity contribution in [2.45, 2.75) is 13.5 Å². The molecular weight excluding hydrogens is 308 g/mol. The Morgan fingerprint density at radius 2 is 1.95 bits per heavy atom. The molecule has 0 unspecified atom stereocenters. The monoisotopic (exact) mass is 320 g/mol. The number of benzene rings is 1. The zero-order valence-corrected chi connectivity index (χ0v) is 12.9. The van der Waals surface area contributed by atoms with Gasteiger partial charge in [-0.25, -0.2) is 9.97 Å². The first-order valence-corrected chi connectivity index (χ1v) is 7.77. The fourth-order valence-electron chi connectivity index (χ4n) is 1.89. The maximum absolute atomic E-state index is 6.13. The van der Waals surface area contributed by atoms with Crippen molar-refractivity contribution >= 4 is 33.2 Å². The van der Waals surface area contributed by atoms with E-state index in [2.05, 4.69) is 9.97 Å². The van der Waals surface area contributed by atoms with Gasteiger partial charge >= 0.3 is 0 Å². The third-order valence-electron chi connectivity index (χ3n) is 2.81. The van der Waals surface area contributed by atoms with E-state index < -0.39 is 0 Å². The molecule has 0 aliphatic rings. The molecule has 0 N–H and O–H groups in total. The number of halogens is 1. The van der Waals surface area contributed by atoms with Crippen LogP contribution >= 0.6 is 22.9 Å². The molecule has 21 heavy (non-hydrogen) atoms. The van der Waals surface area contributed by atoms with Gasteiger partial charge in [-0.2, -0.15) is 0 Å². The number of nitrogens with zero attached hydrogens (tertiary/aromatic N) is 2. The van der Waals surface area contributed by atoms with Gasteiger partial charge in [0.05, 0.1) is 6.61 Å². The summed E-state index contributed by atoms with van der Waals surface area (Å²) in [7, 11) is 0. The molecular formula is C15H13ClN2O2S. The predicted molar refractivity (Wildman–Crippen MR) is 84.4 cm³/mol. The molecule has 0 amide bonds. The van der Waals surface area contributed by atoms with E-state index in [1.54, 1.807) is 0 Å². The Hall–Kier alpha value is -1.85. The molecule has 0 saturated carbocycles. The highest BCUT2D eigenvalue weighted by Crippen LogP contribution is 2.25. The van der Waals surface area contributed by atoms with Gasteiger partial charge in [0, 0.05) is 11.5 Å². The summed E-state index contributed by atoms with van der Waals surface area (Å²) in [5.41, 5.74) is 0. The van der Waals surface area contributed by atoms with Crippen molar-refractivity contribution in [3.05, 3.63) is 46.7 Å². The Morgan fingerprint density at radius 1 is 1.14 bits per heavy atom. The zero-order chi connectivity index (χ0) is 14.7. The second kappa shape index (κ2) is 6.28. The Labute approximate surface area is 131 Å². The Bertz CT molecular complexity index is 760. The largest absolute Gasteiger partial charge is 0.494 e. The van der Waals surface area contributed by atoms with Gasteiger partial charge in [-0.1, -0.05) is 17.7 Å². The lowest BCUT2D eigenvalue weighted by Gasteiger charge is -2.08. The molecule has 3 aromatic rings. The third kappa shape index (κ3) is 3.25. The smallest absolute Gasteiger partial charge is 0.169 e. The predicted octanol–water partition coefficient (Wildman–Crippen LogP) is 4.32. The molecule has 0 atom stereocenters. The normalized spacial score (nSPS) is 10.8. The number of ether oxygens (including phenoxy) is 2. The van der Waals surface area contributed by atoms with E-state index in [0.29, 0.717) is 23.3 Å². The standard InChI is InChI=1S/C15H13ClN2O2S/c1-2-19-10-4-3-5-11(8-10)20-9-13-17-14(16)12-6-7-21-15(12)18-13/h3-8H,2,9H2,1H3. The van der Waals surface area contributed by atoms with Crippen LogP contribution in [0.25, 0.3) is 10.2 Å². The molecule has 108 valence electrons. The van der Waals surface area contributed by atoms with Crippen LogP contribution in [0.1, 0.15) is 12.7 Å². The number of hydrogen-bond acceptors (Lipinski definition) is 5. The van der Waals surface area contributed by atoms with Crippen LogP contribution in [-0.4, -0.2) is 16.6 Å². The minimum Gasteiger partial charge on any atom is -0.494 e. The summed E-state index contributed by atoms with van der Waals surface area (Å²) < 4.78 is 11.1. The third-order valence-corrected chi connectivity index (χ3v) is 3.90. The molecule has 0 fully saturated rings. The van der Waals surface area contributed by atoms with Crippen LogP contribution < -0.4 is 9.47 Å². The van der Waals surface area contributed by atoms with Crippen LogP contribution in [0.5, 0.6) is 11.5 Å². The van der Waals surface area contributed by atoms with E-state index in [1.807, 2.05) is 42.6 Å². The summed E-state index contributed by atoms with van der Waals surface area (Å²) >= 11 is 7.67. The fraction of sp³-hybridized carbons (Fsp3) is 0.200. The minimum atomic E-state index is 0.267. The summed E-state index contributed by atoms with van der Waals surface area (Å²) in [5, 5.41) is 3.29. The number of rotatable bonds is 5. The summed E-state index contributed by atoms with van der Waals surface area (Å²) in [6.07, 6.45) is 0. The van der Waals surface area contributed by atoms with Crippen LogP contribution in [0.15, 0.2) is 35.7 Å². The van der Waals surface area contributed by atoms with Gasteiger partial charge < -0.3 is 9.47 Å². The van der Waals surface area contributed by atoms with Crippen molar-refractivity contribution in [3.8, 4) is 11.5 Å². The first-order chi connectivity index (χ1) is 10.3. The van der Waals surface area contributed by atoms with Crippen molar-refractivity contribution in [2.24, 2.45) is 0 Å². The van der Waals surface area contributed by atoms with Gasteiger partial charge in [0.15, 0.2) is 5.82 Å². The van der Waals surface area contributed by atoms with Crippen LogP contribution in [0.3, 0.4) is 0 Å². The molecule has 1 aromatic carbocycles. The topological polar surface area (TPSA) is 44.2 Å². The Morgan fingerprint density at radius 3 is 2.76 bits per heavy atom. The van der Waals surface area contributed by atoms with Crippen molar-refractivity contribution in [1.82, 2.24) is 9.97 Å². The molecule has 0 spiro atoms. The lowest BCUT2D eigenvalue weighted by Crippen LogP contribution is -2.02. The molecule has 2 heterocycles. The van der Waals surface area contributed by atoms with Crippen molar-refractivity contribution in [1.29, 1.82) is 0 Å². The number of fused-ring (bicyclic) bond motifs is 1. The van der Waals surface area contributed by atoms with Crippen LogP contribution in [0.2, 0.25) is 5.15 Å². The quantitative estimate of drug-likeness (QED) is 0.657. The molecule has 2 aromatic heterocycles. The molecule has 0 saturated heterocycles. The number of aromatic nitrogens is 2. The Kier molecular flexibility index (Phi) is 4.22. The van der Waals surface area contributed by atoms with Crippen LogP contribution in [0, 0.1) is 0 Å². The summed E-state index contributed by atoms with van der Waals surface area (Å²) in [6, 6.07) is 9.40. The molecule has 0 radical (unpaired) electrons. The Balaban J connectivity index is 1.75. The SMILES string of the molecule is CCOc1cccc(OCc2nc(Cl)c3ccsc3n2)c1. The lowest BCUT2D eigenvalue weighted by atomic mass is 10.3. The first-order valence-electron chi connectivity index (χ1n) is 6.51. The van der Waals surface area contributed by atoms with Crippen molar-refractivity contribution in [2.75, 3.05) is 6.61 Å². The molecule has 0 bridgehead atoms. The summed E-state index contributed by atoms with van der Waals surface area (Å²) in [5.74, 6) is 2.06. The maximum atomic E-state index is 6.13. The number of hydrogen-bond donors (Lipinski definition) is 0. The van der Waals surface area contributed by atoms with E-state index in [-0.39, 0.29) is 6.61 Å². The highest BCUT2D eigenvalue weighted by atomic mass is 35.5. The van der Waals surface area contributed by atoms with Crippen molar-refractivity contribution in [3.63, 3.8) is 0 Å². The van der Waals surface area contributed by atoms with Crippen LogP contribution in [0.4, 0.5) is 0 Å². The van der Waals surface area contributed by atoms with E-state index in [4.69, 9.17) is 21.1 Å². The van der Waals surface area contributed by atoms with E-state index >= 15 is 0 Å². The van der Waals surface area contributed by atoms with Gasteiger partial charge in [-0.05, 0) is 30.5 Å². The summed E-state index contributed by atoms with van der Waals surface area (Å²) in [6.45, 7) is 2.83. The maximum Gasteiger partial charge on any atom is 0.169 e. The van der Waals surface area contributed by atoms with E-state index in [1.165, 1.54) is 11.3 Å². The average molecular weight is 321 g/mol.